The zero-order valence-electron chi connectivity index (χ0n) is 19.5. The van der Waals surface area contributed by atoms with E-state index in [1.165, 1.54) is 25.3 Å². The predicted octanol–water partition coefficient (Wildman–Crippen LogP) is 1.34. The Balaban J connectivity index is 0.00000361. The van der Waals surface area contributed by atoms with Gasteiger partial charge in [-0.2, -0.15) is 37.4 Å². The molecule has 0 radical (unpaired) electrons. The van der Waals surface area contributed by atoms with E-state index in [4.69, 9.17) is 4.74 Å². The Morgan fingerprint density at radius 3 is 2.56 bits per heavy atom. The minimum atomic E-state index is -4.52. The van der Waals surface area contributed by atoms with E-state index < -0.39 is 33.6 Å². The molecule has 2 aromatic carbocycles. The zero-order valence-corrected chi connectivity index (χ0v) is 23.2. The van der Waals surface area contributed by atoms with E-state index in [2.05, 4.69) is 16.0 Å². The molecule has 36 heavy (non-hydrogen) atoms. The fraction of sp³-hybridized carbons (Fsp3) is 0.217. The van der Waals surface area contributed by atoms with Gasteiger partial charge in [0.1, 0.15) is 5.75 Å². The number of benzene rings is 2. The van der Waals surface area contributed by atoms with Crippen molar-refractivity contribution in [3.63, 3.8) is 0 Å². The summed E-state index contributed by atoms with van der Waals surface area (Å²) in [5.41, 5.74) is 1.51. The van der Waals surface area contributed by atoms with Gasteiger partial charge in [-0.05, 0) is 30.0 Å². The predicted molar refractivity (Wildman–Crippen MR) is 123 cm³/mol. The third-order valence-corrected chi connectivity index (χ3v) is 8.34. The van der Waals surface area contributed by atoms with Crippen LogP contribution in [0.4, 0.5) is 13.2 Å². The Morgan fingerprint density at radius 1 is 1.14 bits per heavy atom. The number of aryl methyl sites for hydroxylation is 1. The van der Waals surface area contributed by atoms with Crippen LogP contribution in [0.15, 0.2) is 64.8 Å². The van der Waals surface area contributed by atoms with Crippen molar-refractivity contribution in [1.29, 1.82) is 0 Å². The molecule has 0 saturated heterocycles. The second kappa shape index (κ2) is 11.0. The van der Waals surface area contributed by atoms with Gasteiger partial charge in [-0.25, -0.2) is 17.4 Å². The summed E-state index contributed by atoms with van der Waals surface area (Å²) in [7, 11) is -6.23. The number of rotatable bonds is 7. The first-order valence-corrected chi connectivity index (χ1v) is 13.0. The second-order valence-corrected chi connectivity index (χ2v) is 10.7. The molecule has 2 aromatic heterocycles. The Bertz CT molecular complexity index is 1540. The van der Waals surface area contributed by atoms with E-state index in [1.807, 2.05) is 0 Å². The van der Waals surface area contributed by atoms with E-state index in [1.54, 1.807) is 43.3 Å². The van der Waals surface area contributed by atoms with Crippen LogP contribution in [-0.2, 0) is 26.6 Å². The van der Waals surface area contributed by atoms with Crippen molar-refractivity contribution in [2.75, 3.05) is 6.61 Å². The van der Waals surface area contributed by atoms with Gasteiger partial charge in [-0.3, -0.25) is 9.19 Å². The number of halogens is 3. The number of alkyl halides is 3. The molecule has 7 nitrogen and oxygen atoms in total. The van der Waals surface area contributed by atoms with Gasteiger partial charge in [0.25, 0.3) is 0 Å². The summed E-state index contributed by atoms with van der Waals surface area (Å²) < 4.78 is 84.2. The van der Waals surface area contributed by atoms with Crippen LogP contribution in [0.5, 0.6) is 5.75 Å². The Morgan fingerprint density at radius 2 is 1.86 bits per heavy atom. The largest absolute Gasteiger partial charge is 1.00 e. The summed E-state index contributed by atoms with van der Waals surface area (Å²) in [6, 6.07) is 15.0. The number of hydrogen-bond donors (Lipinski definition) is 0. The van der Waals surface area contributed by atoms with Crippen molar-refractivity contribution in [3.05, 3.63) is 77.6 Å². The van der Waals surface area contributed by atoms with Crippen molar-refractivity contribution < 1.29 is 60.1 Å². The van der Waals surface area contributed by atoms with E-state index in [9.17, 15) is 25.8 Å². The van der Waals surface area contributed by atoms with E-state index >= 15 is 0 Å². The molecule has 0 N–H and O–H groups in total. The molecule has 2 heterocycles. The van der Waals surface area contributed by atoms with Crippen LogP contribution in [0.2, 0.25) is 0 Å². The number of aromatic nitrogens is 3. The van der Waals surface area contributed by atoms with Crippen molar-refractivity contribution in [2.45, 2.75) is 35.8 Å². The number of imidazole rings is 1. The molecule has 1 atom stereocenters. The molecule has 4 rings (SSSR count). The van der Waals surface area contributed by atoms with Gasteiger partial charge < -0.3 is 4.74 Å². The first-order chi connectivity index (χ1) is 16.5. The summed E-state index contributed by atoms with van der Waals surface area (Å²) in [6.07, 6.45) is -3.28. The fourth-order valence-electron chi connectivity index (χ4n) is 3.44. The van der Waals surface area contributed by atoms with Crippen LogP contribution in [0, 0.1) is 19.9 Å². The van der Waals surface area contributed by atoms with Crippen molar-refractivity contribution in [3.8, 4) is 5.75 Å². The molecule has 0 bridgehead atoms. The number of pyridine rings is 1. The smallest absolute Gasteiger partial charge is 0.484 e. The van der Waals surface area contributed by atoms with E-state index in [0.29, 0.717) is 11.1 Å². The molecule has 0 spiro atoms. The van der Waals surface area contributed by atoms with Gasteiger partial charge in [0.15, 0.2) is 6.61 Å². The van der Waals surface area contributed by atoms with Crippen LogP contribution < -0.4 is 34.3 Å². The number of nitrogens with zero attached hydrogens (tertiary/aromatic N) is 3. The maximum atomic E-state index is 13.6. The number of fused-ring (bicyclic) bond motifs is 1. The van der Waals surface area contributed by atoms with Crippen LogP contribution in [0.1, 0.15) is 16.8 Å². The van der Waals surface area contributed by atoms with Crippen LogP contribution in [0.3, 0.4) is 0 Å². The van der Waals surface area contributed by atoms with Gasteiger partial charge in [-0.1, -0.05) is 19.1 Å². The van der Waals surface area contributed by atoms with Crippen LogP contribution in [-0.4, -0.2) is 39.4 Å². The summed E-state index contributed by atoms with van der Waals surface area (Å²) in [6.45, 7) is 1.65. The SMILES string of the molecule is Cc1cc[c-]cc1S(=O)(=O)n1c(S(=O)Cc2nccc(OCC(F)(F)F)c2C)nc2ccccc21.[Na+]. The maximum Gasteiger partial charge on any atom is 1.00 e. The number of hydrogen-bond acceptors (Lipinski definition) is 6. The first-order valence-electron chi connectivity index (χ1n) is 10.2. The number of para-hydroxylation sites is 2. The van der Waals surface area contributed by atoms with Crippen LogP contribution >= 0.6 is 0 Å². The molecule has 0 aliphatic heterocycles. The molecule has 184 valence electrons. The van der Waals surface area contributed by atoms with Gasteiger partial charge >= 0.3 is 35.7 Å². The van der Waals surface area contributed by atoms with Crippen LogP contribution in [0.25, 0.3) is 11.0 Å². The normalized spacial score (nSPS) is 12.8. The Labute approximate surface area is 230 Å². The average Bonchev–Trinajstić information content (AvgIpc) is 3.20. The van der Waals surface area contributed by atoms with Gasteiger partial charge in [0, 0.05) is 11.8 Å². The minimum absolute atomic E-state index is 0. The van der Waals surface area contributed by atoms with E-state index in [-0.39, 0.29) is 67.9 Å². The minimum Gasteiger partial charge on any atom is -0.484 e. The van der Waals surface area contributed by atoms with Crippen molar-refractivity contribution in [2.24, 2.45) is 0 Å². The molecule has 0 fully saturated rings. The molecular formula is C23H19F3N3NaO4S2. The van der Waals surface area contributed by atoms with Crippen molar-refractivity contribution in [1.82, 2.24) is 13.9 Å². The second-order valence-electron chi connectivity index (χ2n) is 7.62. The monoisotopic (exact) mass is 545 g/mol. The summed E-state index contributed by atoms with van der Waals surface area (Å²) in [5.74, 6) is -0.339. The third-order valence-electron chi connectivity index (χ3n) is 5.16. The molecule has 13 heteroatoms. The summed E-state index contributed by atoms with van der Waals surface area (Å²) in [4.78, 5) is 8.42. The molecule has 0 saturated carbocycles. The molecular weight excluding hydrogens is 526 g/mol. The van der Waals surface area contributed by atoms with Gasteiger partial charge in [0.2, 0.25) is 15.2 Å². The zero-order chi connectivity index (χ0) is 25.4. The summed E-state index contributed by atoms with van der Waals surface area (Å²) in [5, 5.41) is -0.225. The molecule has 0 aliphatic carbocycles. The maximum absolute atomic E-state index is 13.6. The quantitative estimate of drug-likeness (QED) is 0.257. The fourth-order valence-corrected chi connectivity index (χ4v) is 6.68. The molecule has 0 aliphatic rings. The Hall–Kier alpha value is -2.25. The third kappa shape index (κ3) is 5.83. The van der Waals surface area contributed by atoms with Gasteiger partial charge in [-0.15, -0.1) is 5.56 Å². The number of ether oxygens (including phenoxy) is 1. The van der Waals surface area contributed by atoms with Gasteiger partial charge in [0.05, 0.1) is 33.3 Å². The first kappa shape index (κ1) is 28.3. The summed E-state index contributed by atoms with van der Waals surface area (Å²) >= 11 is 0. The van der Waals surface area contributed by atoms with E-state index in [0.717, 1.165) is 3.97 Å². The molecule has 4 aromatic rings. The Kier molecular flexibility index (Phi) is 8.67. The standard InChI is InChI=1S/C23H19F3N3O4S2.Na/c1-15-7-3-6-10-21(15)35(31,32)29-19-9-5-4-8-17(19)28-22(29)34(30)13-18-16(2)20(11-12-27-18)33-14-23(24,25)26;/h3-5,7-12H,13-14H2,1-2H3;/q-1;+1. The topological polar surface area (TPSA) is 91.2 Å². The average molecular weight is 546 g/mol. The molecule has 1 unspecified atom stereocenters. The van der Waals surface area contributed by atoms with Crippen molar-refractivity contribution >= 4 is 31.9 Å². The molecule has 0 amide bonds.